The summed E-state index contributed by atoms with van der Waals surface area (Å²) in [6.07, 6.45) is 0.882. The Morgan fingerprint density at radius 3 is 2.41 bits per heavy atom. The van der Waals surface area contributed by atoms with E-state index in [1.54, 1.807) is 7.11 Å². The van der Waals surface area contributed by atoms with Gasteiger partial charge in [0.15, 0.2) is 0 Å². The Balaban J connectivity index is 1.70. The number of hydrogen-bond donors (Lipinski definition) is 2. The summed E-state index contributed by atoms with van der Waals surface area (Å²) in [6.45, 7) is 3.37. The molecule has 0 fully saturated rings. The summed E-state index contributed by atoms with van der Waals surface area (Å²) < 4.78 is 5.45. The summed E-state index contributed by atoms with van der Waals surface area (Å²) in [7, 11) is 1.73. The number of aryl methyl sites for hydroxylation is 1. The number of ether oxygens (including phenoxy) is 1. The Bertz CT molecular complexity index is 960. The number of nitriles is 1. The minimum absolute atomic E-state index is 0.160. The van der Waals surface area contributed by atoms with E-state index in [2.05, 4.69) is 60.0 Å². The van der Waals surface area contributed by atoms with Crippen molar-refractivity contribution in [3.8, 4) is 6.07 Å². The van der Waals surface area contributed by atoms with Crippen LogP contribution in [0.1, 0.15) is 22.3 Å². The third-order valence-corrected chi connectivity index (χ3v) is 4.80. The highest BCUT2D eigenvalue weighted by atomic mass is 16.5. The van der Waals surface area contributed by atoms with Crippen molar-refractivity contribution in [2.45, 2.75) is 25.9 Å². The molecule has 0 heterocycles. The standard InChI is InChI=1S/C25H27N3O/c1-19-10-12-20(13-11-19)15-23(18-29-2)28-25-9-4-3-8-24(25)27-17-22-7-5-6-21(14-22)16-26/h3-14,23,27-28H,15,17-18H2,1-2H3/t23-/m0/s1. The van der Waals surface area contributed by atoms with Gasteiger partial charge in [-0.3, -0.25) is 0 Å². The van der Waals surface area contributed by atoms with Crippen LogP contribution in [-0.2, 0) is 17.7 Å². The summed E-state index contributed by atoms with van der Waals surface area (Å²) >= 11 is 0. The maximum Gasteiger partial charge on any atom is 0.0991 e. The van der Waals surface area contributed by atoms with Gasteiger partial charge in [0.2, 0.25) is 0 Å². The number of rotatable bonds is 9. The van der Waals surface area contributed by atoms with Crippen molar-refractivity contribution >= 4 is 11.4 Å². The second-order valence-corrected chi connectivity index (χ2v) is 7.20. The Hall–Kier alpha value is -3.29. The molecule has 0 amide bonds. The van der Waals surface area contributed by atoms with Crippen LogP contribution in [0.15, 0.2) is 72.8 Å². The maximum absolute atomic E-state index is 9.09. The number of anilines is 2. The number of benzene rings is 3. The fourth-order valence-corrected chi connectivity index (χ4v) is 3.29. The van der Waals surface area contributed by atoms with E-state index < -0.39 is 0 Å². The van der Waals surface area contributed by atoms with Crippen molar-refractivity contribution in [3.63, 3.8) is 0 Å². The molecule has 0 aliphatic heterocycles. The number of para-hydroxylation sites is 2. The molecule has 0 aliphatic carbocycles. The van der Waals surface area contributed by atoms with E-state index in [0.29, 0.717) is 18.7 Å². The second-order valence-electron chi connectivity index (χ2n) is 7.20. The SMILES string of the molecule is COC[C@H](Cc1ccc(C)cc1)Nc1ccccc1NCc1cccc(C#N)c1. The maximum atomic E-state index is 9.09. The molecule has 0 aromatic heterocycles. The van der Waals surface area contributed by atoms with Crippen LogP contribution in [0.4, 0.5) is 11.4 Å². The zero-order valence-corrected chi connectivity index (χ0v) is 17.0. The van der Waals surface area contributed by atoms with Crippen LogP contribution in [0, 0.1) is 18.3 Å². The van der Waals surface area contributed by atoms with Crippen molar-refractivity contribution in [1.82, 2.24) is 0 Å². The molecule has 1 atom stereocenters. The van der Waals surface area contributed by atoms with Crippen molar-refractivity contribution in [3.05, 3.63) is 95.1 Å². The van der Waals surface area contributed by atoms with Gasteiger partial charge in [-0.2, -0.15) is 5.26 Å². The summed E-state index contributed by atoms with van der Waals surface area (Å²) in [5, 5.41) is 16.2. The van der Waals surface area contributed by atoms with Gasteiger partial charge in [0, 0.05) is 13.7 Å². The van der Waals surface area contributed by atoms with Crippen LogP contribution >= 0.6 is 0 Å². The molecule has 2 N–H and O–H groups in total. The van der Waals surface area contributed by atoms with Gasteiger partial charge in [-0.25, -0.2) is 0 Å². The predicted molar refractivity (Wildman–Crippen MR) is 119 cm³/mol. The van der Waals surface area contributed by atoms with Crippen molar-refractivity contribution < 1.29 is 4.74 Å². The molecule has 0 saturated carbocycles. The number of nitrogens with one attached hydrogen (secondary N) is 2. The van der Waals surface area contributed by atoms with Gasteiger partial charge in [-0.05, 0) is 48.7 Å². The van der Waals surface area contributed by atoms with E-state index in [9.17, 15) is 0 Å². The molecule has 0 saturated heterocycles. The van der Waals surface area contributed by atoms with E-state index in [1.807, 2.05) is 36.4 Å². The highest BCUT2D eigenvalue weighted by molar-refractivity contribution is 5.69. The quantitative estimate of drug-likeness (QED) is 0.535. The number of nitrogens with zero attached hydrogens (tertiary/aromatic N) is 1. The molecule has 29 heavy (non-hydrogen) atoms. The smallest absolute Gasteiger partial charge is 0.0991 e. The Kier molecular flexibility index (Phi) is 7.27. The first-order chi connectivity index (χ1) is 14.2. The summed E-state index contributed by atoms with van der Waals surface area (Å²) in [5.41, 5.74) is 6.36. The average molecular weight is 386 g/mol. The lowest BCUT2D eigenvalue weighted by molar-refractivity contribution is 0.185. The lowest BCUT2D eigenvalue weighted by atomic mass is 10.0. The average Bonchev–Trinajstić information content (AvgIpc) is 2.75. The van der Waals surface area contributed by atoms with Gasteiger partial charge < -0.3 is 15.4 Å². The van der Waals surface area contributed by atoms with Gasteiger partial charge in [-0.1, -0.05) is 54.1 Å². The topological polar surface area (TPSA) is 57.1 Å². The van der Waals surface area contributed by atoms with Crippen molar-refractivity contribution in [1.29, 1.82) is 5.26 Å². The van der Waals surface area contributed by atoms with E-state index >= 15 is 0 Å². The van der Waals surface area contributed by atoms with E-state index in [-0.39, 0.29) is 6.04 Å². The third kappa shape index (κ3) is 6.10. The van der Waals surface area contributed by atoms with Gasteiger partial charge in [0.25, 0.3) is 0 Å². The molecule has 4 nitrogen and oxygen atoms in total. The Morgan fingerprint density at radius 1 is 0.931 bits per heavy atom. The molecular weight excluding hydrogens is 358 g/mol. The molecular formula is C25H27N3O. The number of hydrogen-bond acceptors (Lipinski definition) is 4. The molecule has 0 aliphatic rings. The van der Waals surface area contributed by atoms with Gasteiger partial charge >= 0.3 is 0 Å². The van der Waals surface area contributed by atoms with Crippen LogP contribution < -0.4 is 10.6 Å². The lowest BCUT2D eigenvalue weighted by Crippen LogP contribution is -2.28. The molecule has 3 aromatic carbocycles. The normalized spacial score (nSPS) is 11.5. The second kappa shape index (κ2) is 10.3. The lowest BCUT2D eigenvalue weighted by Gasteiger charge is -2.22. The Labute approximate surface area is 173 Å². The molecule has 0 unspecified atom stereocenters. The van der Waals surface area contributed by atoms with Crippen molar-refractivity contribution in [2.75, 3.05) is 24.4 Å². The predicted octanol–water partition coefficient (Wildman–Crippen LogP) is 5.15. The molecule has 0 radical (unpaired) electrons. The van der Waals surface area contributed by atoms with Crippen LogP contribution in [-0.4, -0.2) is 19.8 Å². The number of methoxy groups -OCH3 is 1. The zero-order valence-electron chi connectivity index (χ0n) is 17.0. The fourth-order valence-electron chi connectivity index (χ4n) is 3.29. The highest BCUT2D eigenvalue weighted by Gasteiger charge is 2.12. The van der Waals surface area contributed by atoms with Gasteiger partial charge in [-0.15, -0.1) is 0 Å². The molecule has 148 valence electrons. The minimum atomic E-state index is 0.160. The van der Waals surface area contributed by atoms with E-state index in [4.69, 9.17) is 10.00 Å². The highest BCUT2D eigenvalue weighted by Crippen LogP contribution is 2.23. The van der Waals surface area contributed by atoms with Crippen LogP contribution in [0.25, 0.3) is 0 Å². The monoisotopic (exact) mass is 385 g/mol. The van der Waals surface area contributed by atoms with Crippen molar-refractivity contribution in [2.24, 2.45) is 0 Å². The first-order valence-corrected chi connectivity index (χ1v) is 9.81. The summed E-state index contributed by atoms with van der Waals surface area (Å²) in [5.74, 6) is 0. The molecule has 0 bridgehead atoms. The van der Waals surface area contributed by atoms with E-state index in [0.717, 1.165) is 23.4 Å². The van der Waals surface area contributed by atoms with Gasteiger partial charge in [0.05, 0.1) is 35.7 Å². The first kappa shape index (κ1) is 20.4. The van der Waals surface area contributed by atoms with Crippen LogP contribution in [0.3, 0.4) is 0 Å². The summed E-state index contributed by atoms with van der Waals surface area (Å²) in [4.78, 5) is 0. The van der Waals surface area contributed by atoms with Crippen LogP contribution in [0.5, 0.6) is 0 Å². The molecule has 3 aromatic rings. The zero-order chi connectivity index (χ0) is 20.5. The minimum Gasteiger partial charge on any atom is -0.383 e. The largest absolute Gasteiger partial charge is 0.383 e. The van der Waals surface area contributed by atoms with Gasteiger partial charge in [0.1, 0.15) is 0 Å². The third-order valence-electron chi connectivity index (χ3n) is 4.80. The summed E-state index contributed by atoms with van der Waals surface area (Å²) in [6, 6.07) is 26.8. The molecule has 3 rings (SSSR count). The Morgan fingerprint density at radius 2 is 1.69 bits per heavy atom. The molecule has 0 spiro atoms. The molecule has 4 heteroatoms. The fraction of sp³-hybridized carbons (Fsp3) is 0.240. The van der Waals surface area contributed by atoms with E-state index in [1.165, 1.54) is 11.1 Å². The first-order valence-electron chi connectivity index (χ1n) is 9.81. The van der Waals surface area contributed by atoms with Crippen LogP contribution in [0.2, 0.25) is 0 Å².